The zero-order valence-electron chi connectivity index (χ0n) is 18.2. The first-order chi connectivity index (χ1) is 14.8. The second-order valence-corrected chi connectivity index (χ2v) is 7.67. The first kappa shape index (κ1) is 22.2. The van der Waals surface area contributed by atoms with E-state index < -0.39 is 0 Å². The number of nitrogens with zero attached hydrogens (tertiary/aromatic N) is 3. The number of halogens is 1. The van der Waals surface area contributed by atoms with E-state index in [4.69, 9.17) is 0 Å². The monoisotopic (exact) mass is 422 g/mol. The van der Waals surface area contributed by atoms with Crippen LogP contribution in [0.2, 0.25) is 0 Å². The lowest BCUT2D eigenvalue weighted by atomic mass is 10.2. The fourth-order valence-corrected chi connectivity index (χ4v) is 3.19. The number of amides is 2. The van der Waals surface area contributed by atoms with E-state index in [0.29, 0.717) is 23.5 Å². The fourth-order valence-electron chi connectivity index (χ4n) is 3.19. The molecule has 0 radical (unpaired) electrons. The molecule has 0 atom stereocenters. The number of benzene rings is 2. The normalized spacial score (nSPS) is 10.9. The molecule has 0 spiro atoms. The van der Waals surface area contributed by atoms with Crippen LogP contribution in [0.4, 0.5) is 10.3 Å². The smallest absolute Gasteiger partial charge is 0.246 e. The lowest BCUT2D eigenvalue weighted by Gasteiger charge is -2.22. The van der Waals surface area contributed by atoms with Gasteiger partial charge in [-0.15, -0.1) is 0 Å². The molecule has 31 heavy (non-hydrogen) atoms. The van der Waals surface area contributed by atoms with Crippen LogP contribution in [0.5, 0.6) is 0 Å². The summed E-state index contributed by atoms with van der Waals surface area (Å²) in [4.78, 5) is 31.1. The average molecular weight is 423 g/mol. The van der Waals surface area contributed by atoms with Crippen molar-refractivity contribution in [3.05, 3.63) is 66.1 Å². The van der Waals surface area contributed by atoms with Crippen LogP contribution in [0.25, 0.3) is 16.9 Å². The molecular weight excluding hydrogens is 395 g/mol. The topological polar surface area (TPSA) is 67.2 Å². The van der Waals surface area contributed by atoms with Gasteiger partial charge in [-0.2, -0.15) is 0 Å². The Bertz CT molecular complexity index is 1080. The third kappa shape index (κ3) is 5.17. The SMILES string of the molecule is CCN(CC(=O)Nc1nc(-c2ccccc2)cn1-c1ccc(C)c(F)c1)C(=O)C(C)C. The molecule has 1 aromatic heterocycles. The molecule has 0 bridgehead atoms. The minimum absolute atomic E-state index is 0.0801. The van der Waals surface area contributed by atoms with Crippen LogP contribution < -0.4 is 5.32 Å². The molecule has 3 rings (SSSR count). The number of imidazole rings is 1. The maximum Gasteiger partial charge on any atom is 0.246 e. The van der Waals surface area contributed by atoms with Crippen LogP contribution in [-0.2, 0) is 9.59 Å². The molecule has 1 heterocycles. The zero-order valence-corrected chi connectivity index (χ0v) is 18.2. The van der Waals surface area contributed by atoms with E-state index in [1.54, 1.807) is 43.7 Å². The molecule has 162 valence electrons. The number of carbonyl (C=O) groups is 2. The van der Waals surface area contributed by atoms with Crippen molar-refractivity contribution < 1.29 is 14.0 Å². The molecule has 1 N–H and O–H groups in total. The van der Waals surface area contributed by atoms with Crippen LogP contribution in [0, 0.1) is 18.7 Å². The van der Waals surface area contributed by atoms with E-state index in [0.717, 1.165) is 5.56 Å². The molecule has 7 heteroatoms. The molecule has 0 aliphatic carbocycles. The Morgan fingerprint density at radius 2 is 1.87 bits per heavy atom. The van der Waals surface area contributed by atoms with Crippen LogP contribution in [0.3, 0.4) is 0 Å². The molecule has 2 aromatic carbocycles. The maximum atomic E-state index is 14.2. The molecule has 6 nitrogen and oxygen atoms in total. The lowest BCUT2D eigenvalue weighted by Crippen LogP contribution is -2.40. The minimum Gasteiger partial charge on any atom is -0.333 e. The average Bonchev–Trinajstić information content (AvgIpc) is 3.17. The highest BCUT2D eigenvalue weighted by Gasteiger charge is 2.20. The highest BCUT2D eigenvalue weighted by Crippen LogP contribution is 2.25. The number of hydrogen-bond acceptors (Lipinski definition) is 3. The summed E-state index contributed by atoms with van der Waals surface area (Å²) in [6.07, 6.45) is 1.76. The Hall–Kier alpha value is -3.48. The Balaban J connectivity index is 1.94. The van der Waals surface area contributed by atoms with Gasteiger partial charge in [-0.05, 0) is 31.5 Å². The largest absolute Gasteiger partial charge is 0.333 e. The molecule has 3 aromatic rings. The van der Waals surface area contributed by atoms with Gasteiger partial charge in [0.25, 0.3) is 0 Å². The minimum atomic E-state index is -0.366. The van der Waals surface area contributed by atoms with Gasteiger partial charge in [-0.1, -0.05) is 50.2 Å². The lowest BCUT2D eigenvalue weighted by molar-refractivity contribution is -0.137. The predicted molar refractivity (Wildman–Crippen MR) is 119 cm³/mol. The number of rotatable bonds is 7. The molecule has 0 fully saturated rings. The Labute approximate surface area is 181 Å². The Kier molecular flexibility index (Phi) is 6.84. The third-order valence-electron chi connectivity index (χ3n) is 4.98. The molecule has 0 aliphatic rings. The number of likely N-dealkylation sites (N-methyl/N-ethyl adjacent to an activating group) is 1. The second kappa shape index (κ2) is 9.55. The molecular formula is C24H27FN4O2. The zero-order chi connectivity index (χ0) is 22.5. The van der Waals surface area contributed by atoms with Crippen LogP contribution in [0.15, 0.2) is 54.7 Å². The quantitative estimate of drug-likeness (QED) is 0.613. The standard InChI is InChI=1S/C24H27FN4O2/c1-5-28(23(31)16(2)3)15-22(30)27-24-26-21(18-9-7-6-8-10-18)14-29(24)19-12-11-17(4)20(25)13-19/h6-14,16H,5,15H2,1-4H3,(H,26,27,30). The van der Waals surface area contributed by atoms with Gasteiger partial charge < -0.3 is 4.90 Å². The number of aromatic nitrogens is 2. The van der Waals surface area contributed by atoms with Crippen molar-refractivity contribution in [3.8, 4) is 16.9 Å². The van der Waals surface area contributed by atoms with E-state index in [9.17, 15) is 14.0 Å². The van der Waals surface area contributed by atoms with Gasteiger partial charge in [0.1, 0.15) is 5.82 Å². The molecule has 0 unspecified atom stereocenters. The third-order valence-corrected chi connectivity index (χ3v) is 4.98. The van der Waals surface area contributed by atoms with Gasteiger partial charge in [-0.3, -0.25) is 19.5 Å². The summed E-state index contributed by atoms with van der Waals surface area (Å²) in [5.41, 5.74) is 2.58. The summed E-state index contributed by atoms with van der Waals surface area (Å²) in [5, 5.41) is 2.79. The van der Waals surface area contributed by atoms with E-state index in [1.807, 2.05) is 37.3 Å². The summed E-state index contributed by atoms with van der Waals surface area (Å²) in [6, 6.07) is 14.4. The number of hydrogen-bond donors (Lipinski definition) is 1. The van der Waals surface area contributed by atoms with Crippen molar-refractivity contribution in [1.29, 1.82) is 0 Å². The van der Waals surface area contributed by atoms with Gasteiger partial charge in [0.05, 0.1) is 17.9 Å². The molecule has 0 aliphatic heterocycles. The first-order valence-electron chi connectivity index (χ1n) is 10.3. The van der Waals surface area contributed by atoms with Gasteiger partial charge in [0.2, 0.25) is 17.8 Å². The van der Waals surface area contributed by atoms with E-state index in [2.05, 4.69) is 10.3 Å². The summed E-state index contributed by atoms with van der Waals surface area (Å²) in [7, 11) is 0. The number of aryl methyl sites for hydroxylation is 1. The van der Waals surface area contributed by atoms with Crippen molar-refractivity contribution in [1.82, 2.24) is 14.5 Å². The number of carbonyl (C=O) groups excluding carboxylic acids is 2. The summed E-state index contributed by atoms with van der Waals surface area (Å²) < 4.78 is 15.8. The molecule has 0 saturated heterocycles. The van der Waals surface area contributed by atoms with E-state index >= 15 is 0 Å². The van der Waals surface area contributed by atoms with Gasteiger partial charge in [0, 0.05) is 24.2 Å². The Morgan fingerprint density at radius 1 is 1.16 bits per heavy atom. The van der Waals surface area contributed by atoms with E-state index in [-0.39, 0.29) is 36.0 Å². The van der Waals surface area contributed by atoms with Crippen molar-refractivity contribution in [2.24, 2.45) is 5.92 Å². The summed E-state index contributed by atoms with van der Waals surface area (Å²) >= 11 is 0. The van der Waals surface area contributed by atoms with E-state index in [1.165, 1.54) is 11.0 Å². The van der Waals surface area contributed by atoms with Gasteiger partial charge in [0.15, 0.2) is 0 Å². The van der Waals surface area contributed by atoms with Crippen molar-refractivity contribution in [2.75, 3.05) is 18.4 Å². The predicted octanol–water partition coefficient (Wildman–Crippen LogP) is 4.43. The van der Waals surface area contributed by atoms with Crippen molar-refractivity contribution >= 4 is 17.8 Å². The second-order valence-electron chi connectivity index (χ2n) is 7.67. The highest BCUT2D eigenvalue weighted by atomic mass is 19.1. The fraction of sp³-hybridized carbons (Fsp3) is 0.292. The molecule has 2 amide bonds. The Morgan fingerprint density at radius 3 is 2.48 bits per heavy atom. The summed E-state index contributed by atoms with van der Waals surface area (Å²) in [6.45, 7) is 7.47. The first-order valence-corrected chi connectivity index (χ1v) is 10.3. The van der Waals surface area contributed by atoms with Crippen LogP contribution in [-0.4, -0.2) is 39.4 Å². The summed E-state index contributed by atoms with van der Waals surface area (Å²) in [5.74, 6) is -0.735. The number of anilines is 1. The maximum absolute atomic E-state index is 14.2. The number of nitrogens with one attached hydrogen (secondary N) is 1. The van der Waals surface area contributed by atoms with Gasteiger partial charge in [-0.25, -0.2) is 9.37 Å². The van der Waals surface area contributed by atoms with Crippen LogP contribution in [0.1, 0.15) is 26.3 Å². The van der Waals surface area contributed by atoms with Crippen LogP contribution >= 0.6 is 0 Å². The van der Waals surface area contributed by atoms with Crippen molar-refractivity contribution in [3.63, 3.8) is 0 Å². The van der Waals surface area contributed by atoms with Crippen molar-refractivity contribution in [2.45, 2.75) is 27.7 Å². The highest BCUT2D eigenvalue weighted by molar-refractivity contribution is 5.94. The molecule has 0 saturated carbocycles. The van der Waals surface area contributed by atoms with Gasteiger partial charge >= 0.3 is 0 Å².